The van der Waals surface area contributed by atoms with E-state index in [9.17, 15) is 22.8 Å². The van der Waals surface area contributed by atoms with Crippen molar-refractivity contribution < 1.29 is 22.8 Å². The molecule has 166 valence electrons. The third-order valence-electron chi connectivity index (χ3n) is 5.05. The van der Waals surface area contributed by atoms with E-state index < -0.39 is 17.6 Å². The predicted molar refractivity (Wildman–Crippen MR) is 118 cm³/mol. The minimum Gasteiger partial charge on any atom is -0.343 e. The van der Waals surface area contributed by atoms with Crippen molar-refractivity contribution in [1.82, 2.24) is 5.32 Å². The Hall–Kier alpha value is -3.61. The topological polar surface area (TPSA) is 58.2 Å². The fraction of sp³-hybridized carbons (Fsp3) is 0.200. The summed E-state index contributed by atoms with van der Waals surface area (Å²) in [4.78, 5) is 25.1. The van der Waals surface area contributed by atoms with Crippen LogP contribution in [0.4, 0.5) is 18.9 Å². The van der Waals surface area contributed by atoms with Crippen LogP contribution >= 0.6 is 0 Å². The number of benzene rings is 3. The molecule has 0 heterocycles. The maximum atomic E-state index is 12.8. The van der Waals surface area contributed by atoms with Gasteiger partial charge < -0.3 is 10.6 Å². The highest BCUT2D eigenvalue weighted by molar-refractivity contribution is 6.03. The van der Waals surface area contributed by atoms with Gasteiger partial charge in [0.1, 0.15) is 0 Å². The van der Waals surface area contributed by atoms with E-state index >= 15 is 0 Å². The van der Waals surface area contributed by atoms with E-state index in [1.54, 1.807) is 24.3 Å². The van der Waals surface area contributed by atoms with E-state index in [0.717, 1.165) is 28.8 Å². The Kier molecular flexibility index (Phi) is 6.67. The first-order valence-corrected chi connectivity index (χ1v) is 9.99. The van der Waals surface area contributed by atoms with Gasteiger partial charge >= 0.3 is 6.18 Å². The van der Waals surface area contributed by atoms with E-state index in [2.05, 4.69) is 10.6 Å². The Morgan fingerprint density at radius 2 is 1.47 bits per heavy atom. The first-order valence-electron chi connectivity index (χ1n) is 9.99. The molecule has 2 N–H and O–H groups in total. The second-order valence-corrected chi connectivity index (χ2v) is 7.63. The van der Waals surface area contributed by atoms with Crippen molar-refractivity contribution >= 4 is 17.5 Å². The van der Waals surface area contributed by atoms with Crippen LogP contribution in [0.2, 0.25) is 0 Å². The number of amides is 2. The standard InChI is InChI=1S/C25H23F3N2O2/c1-15-12-16(2)23(17(3)13-15)30-22(31)14-29-24(32)21-7-5-4-6-20(21)18-8-10-19(11-9-18)25(26,27)28/h4-13H,14H2,1-3H3,(H,29,32)(H,30,31). The lowest BCUT2D eigenvalue weighted by atomic mass is 9.98. The molecule has 0 aliphatic heterocycles. The quantitative estimate of drug-likeness (QED) is 0.537. The van der Waals surface area contributed by atoms with E-state index in [0.29, 0.717) is 16.8 Å². The van der Waals surface area contributed by atoms with Gasteiger partial charge in [-0.1, -0.05) is 48.0 Å². The van der Waals surface area contributed by atoms with Crippen molar-refractivity contribution in [2.45, 2.75) is 26.9 Å². The number of hydrogen-bond acceptors (Lipinski definition) is 2. The summed E-state index contributed by atoms with van der Waals surface area (Å²) in [5.41, 5.74) is 4.10. The normalized spacial score (nSPS) is 11.2. The molecule has 0 saturated carbocycles. The molecule has 3 aromatic carbocycles. The Morgan fingerprint density at radius 3 is 2.06 bits per heavy atom. The molecule has 32 heavy (non-hydrogen) atoms. The summed E-state index contributed by atoms with van der Waals surface area (Å²) >= 11 is 0. The molecule has 0 radical (unpaired) electrons. The second kappa shape index (κ2) is 9.26. The van der Waals surface area contributed by atoms with Gasteiger partial charge in [0.05, 0.1) is 12.1 Å². The highest BCUT2D eigenvalue weighted by Gasteiger charge is 2.30. The maximum absolute atomic E-state index is 12.8. The number of carbonyl (C=O) groups excluding carboxylic acids is 2. The summed E-state index contributed by atoms with van der Waals surface area (Å²) in [5.74, 6) is -0.867. The molecular formula is C25H23F3N2O2. The van der Waals surface area contributed by atoms with Crippen molar-refractivity contribution in [2.75, 3.05) is 11.9 Å². The molecule has 7 heteroatoms. The summed E-state index contributed by atoms with van der Waals surface area (Å²) in [6, 6.07) is 15.1. The summed E-state index contributed by atoms with van der Waals surface area (Å²) in [5, 5.41) is 5.40. The van der Waals surface area contributed by atoms with Gasteiger partial charge in [0.25, 0.3) is 5.91 Å². The lowest BCUT2D eigenvalue weighted by molar-refractivity contribution is -0.137. The first kappa shape index (κ1) is 23.1. The number of rotatable bonds is 5. The number of anilines is 1. The van der Waals surface area contributed by atoms with Crippen LogP contribution < -0.4 is 10.6 Å². The number of aryl methyl sites for hydroxylation is 3. The van der Waals surface area contributed by atoms with Gasteiger partial charge in [-0.2, -0.15) is 13.2 Å². The summed E-state index contributed by atoms with van der Waals surface area (Å²) in [6.07, 6.45) is -4.43. The average Bonchev–Trinajstić information content (AvgIpc) is 2.74. The number of alkyl halides is 3. The minimum atomic E-state index is -4.43. The molecule has 4 nitrogen and oxygen atoms in total. The summed E-state index contributed by atoms with van der Waals surface area (Å²) < 4.78 is 38.5. The average molecular weight is 440 g/mol. The van der Waals surface area contributed by atoms with Crippen molar-refractivity contribution in [1.29, 1.82) is 0 Å². The summed E-state index contributed by atoms with van der Waals surface area (Å²) in [6.45, 7) is 5.52. The van der Waals surface area contributed by atoms with Gasteiger partial charge in [-0.15, -0.1) is 0 Å². The third-order valence-corrected chi connectivity index (χ3v) is 5.05. The molecule has 2 amide bonds. The zero-order valence-electron chi connectivity index (χ0n) is 17.9. The van der Waals surface area contributed by atoms with Crippen molar-refractivity contribution in [2.24, 2.45) is 0 Å². The van der Waals surface area contributed by atoms with Crippen LogP contribution in [0.3, 0.4) is 0 Å². The fourth-order valence-corrected chi connectivity index (χ4v) is 3.59. The van der Waals surface area contributed by atoms with Crippen LogP contribution in [0.25, 0.3) is 11.1 Å². The molecule has 0 aliphatic carbocycles. The highest BCUT2D eigenvalue weighted by atomic mass is 19.4. The molecule has 3 rings (SSSR count). The number of hydrogen-bond donors (Lipinski definition) is 2. The Bertz CT molecular complexity index is 1130. The zero-order chi connectivity index (χ0) is 23.5. The van der Waals surface area contributed by atoms with Gasteiger partial charge in [-0.3, -0.25) is 9.59 Å². The summed E-state index contributed by atoms with van der Waals surface area (Å²) in [7, 11) is 0. The van der Waals surface area contributed by atoms with Gasteiger partial charge in [0.2, 0.25) is 5.91 Å². The molecule has 0 atom stereocenters. The molecular weight excluding hydrogens is 417 g/mol. The third kappa shape index (κ3) is 5.35. The molecule has 0 spiro atoms. The van der Waals surface area contributed by atoms with Crippen molar-refractivity contribution in [3.05, 3.63) is 88.5 Å². The largest absolute Gasteiger partial charge is 0.416 e. The van der Waals surface area contributed by atoms with Crippen LogP contribution in [0.1, 0.15) is 32.6 Å². The van der Waals surface area contributed by atoms with Crippen LogP contribution in [0.15, 0.2) is 60.7 Å². The molecule has 0 aliphatic rings. The Morgan fingerprint density at radius 1 is 0.875 bits per heavy atom. The van der Waals surface area contributed by atoms with E-state index in [1.807, 2.05) is 32.9 Å². The number of carbonyl (C=O) groups is 2. The second-order valence-electron chi connectivity index (χ2n) is 7.63. The molecule has 0 unspecified atom stereocenters. The van der Waals surface area contributed by atoms with Crippen LogP contribution in [-0.2, 0) is 11.0 Å². The Labute approximate surface area is 184 Å². The van der Waals surface area contributed by atoms with Gasteiger partial charge in [0, 0.05) is 11.3 Å². The SMILES string of the molecule is Cc1cc(C)c(NC(=O)CNC(=O)c2ccccc2-c2ccc(C(F)(F)F)cc2)c(C)c1. The molecule has 3 aromatic rings. The highest BCUT2D eigenvalue weighted by Crippen LogP contribution is 2.32. The number of nitrogens with one attached hydrogen (secondary N) is 2. The van der Waals surface area contributed by atoms with E-state index in [1.165, 1.54) is 12.1 Å². The smallest absolute Gasteiger partial charge is 0.343 e. The monoisotopic (exact) mass is 440 g/mol. The number of halogens is 3. The fourth-order valence-electron chi connectivity index (χ4n) is 3.59. The van der Waals surface area contributed by atoms with Gasteiger partial charge in [-0.05, 0) is 61.2 Å². The van der Waals surface area contributed by atoms with Crippen molar-refractivity contribution in [3.63, 3.8) is 0 Å². The van der Waals surface area contributed by atoms with Crippen molar-refractivity contribution in [3.8, 4) is 11.1 Å². The molecule has 0 aromatic heterocycles. The lowest BCUT2D eigenvalue weighted by Gasteiger charge is -2.14. The maximum Gasteiger partial charge on any atom is 0.416 e. The predicted octanol–water partition coefficient (Wildman–Crippen LogP) is 5.67. The lowest BCUT2D eigenvalue weighted by Crippen LogP contribution is -2.33. The van der Waals surface area contributed by atoms with Crippen LogP contribution in [0.5, 0.6) is 0 Å². The molecule has 0 fully saturated rings. The van der Waals surface area contributed by atoms with E-state index in [-0.39, 0.29) is 18.0 Å². The molecule has 0 saturated heterocycles. The van der Waals surface area contributed by atoms with Gasteiger partial charge in [0.15, 0.2) is 0 Å². The van der Waals surface area contributed by atoms with E-state index in [4.69, 9.17) is 0 Å². The first-order chi connectivity index (χ1) is 15.1. The Balaban J connectivity index is 1.72. The van der Waals surface area contributed by atoms with Crippen LogP contribution in [-0.4, -0.2) is 18.4 Å². The zero-order valence-corrected chi connectivity index (χ0v) is 17.9. The minimum absolute atomic E-state index is 0.243. The molecule has 0 bridgehead atoms. The van der Waals surface area contributed by atoms with Crippen LogP contribution in [0, 0.1) is 20.8 Å². The van der Waals surface area contributed by atoms with Gasteiger partial charge in [-0.25, -0.2) is 0 Å².